The number of hydrogen-bond donors (Lipinski definition) is 3. The zero-order valence-electron chi connectivity index (χ0n) is 22.3. The van der Waals surface area contributed by atoms with Crippen LogP contribution < -0.4 is 9.25 Å². The third-order valence-corrected chi connectivity index (χ3v) is 8.53. The molecule has 8 heteroatoms. The molecule has 1 heterocycles. The number of benzene rings is 4. The van der Waals surface area contributed by atoms with E-state index in [2.05, 4.69) is 35.3 Å². The van der Waals surface area contributed by atoms with Gasteiger partial charge in [-0.05, 0) is 12.1 Å². The quantitative estimate of drug-likeness (QED) is 0.227. The van der Waals surface area contributed by atoms with E-state index in [0.29, 0.717) is 6.42 Å². The van der Waals surface area contributed by atoms with Gasteiger partial charge in [-0.2, -0.15) is 0 Å². The Morgan fingerprint density at radius 2 is 1.45 bits per heavy atom. The summed E-state index contributed by atoms with van der Waals surface area (Å²) in [5.41, 5.74) is 4.21. The summed E-state index contributed by atoms with van der Waals surface area (Å²) in [6.07, 6.45) is 0.578. The molecule has 3 N–H and O–H groups in total. The first-order chi connectivity index (χ1) is 19.2. The Labute approximate surface area is 236 Å². The molecule has 5 rings (SSSR count). The molecule has 0 radical (unpaired) electrons. The van der Waals surface area contributed by atoms with E-state index in [1.54, 1.807) is 0 Å². The number of fused-ring (bicyclic) bond motifs is 1. The Bertz CT molecular complexity index is 1640. The van der Waals surface area contributed by atoms with E-state index >= 15 is 0 Å². The second kappa shape index (κ2) is 12.8. The summed E-state index contributed by atoms with van der Waals surface area (Å²) >= 11 is -5.31. The zero-order valence-corrected chi connectivity index (χ0v) is 24.1. The van der Waals surface area contributed by atoms with E-state index < -0.39 is 24.3 Å². The number of hydrogen-bond acceptors (Lipinski definition) is 4. The van der Waals surface area contributed by atoms with E-state index in [9.17, 15) is 21.8 Å². The second-order valence-corrected chi connectivity index (χ2v) is 12.5. The van der Waals surface area contributed by atoms with Crippen LogP contribution in [0, 0.1) is 0 Å². The Hall–Kier alpha value is -4.16. The maximum atomic E-state index is 12.3. The Kier molecular flexibility index (Phi) is 9.22. The SMILES string of the molecule is CCC(c1ccccc1)N(C(C)=O)c1cccc([As](=O)(O)O)c1O.c1ccc(-c2ccc3ccccc3n2)cc1. The molecule has 0 aliphatic heterocycles. The number of pyridine rings is 1. The molecular formula is C32H31AsN2O5. The van der Waals surface area contributed by atoms with E-state index in [4.69, 9.17) is 0 Å². The van der Waals surface area contributed by atoms with Gasteiger partial charge in [-0.25, -0.2) is 4.98 Å². The standard InChI is InChI=1S/C17H20AsNO5.C15H11N/c1-3-15(13-8-5-4-6-9-13)19(12(2)20)16-11-7-10-14(17(16)21)18(22,23)24;1-2-6-12(7-3-1)15-11-10-13-8-4-5-9-14(13)16-15/h4-11,15,21H,3H2,1-2H3,(H2,22,23,24);1-11H. The minimum absolute atomic E-state index is 0.0976. The number of rotatable bonds is 6. The number of phenols is 1. The third kappa shape index (κ3) is 6.69. The van der Waals surface area contributed by atoms with Crippen molar-refractivity contribution in [3.63, 3.8) is 0 Å². The topological polar surface area (TPSA) is 111 Å². The van der Waals surface area contributed by atoms with Crippen LogP contribution in [0.15, 0.2) is 115 Å². The molecule has 0 spiro atoms. The van der Waals surface area contributed by atoms with Crippen LogP contribution in [0.3, 0.4) is 0 Å². The van der Waals surface area contributed by atoms with E-state index in [1.165, 1.54) is 35.4 Å². The van der Waals surface area contributed by atoms with Crippen LogP contribution in [0.2, 0.25) is 0 Å². The van der Waals surface area contributed by atoms with Gasteiger partial charge < -0.3 is 0 Å². The van der Waals surface area contributed by atoms with Gasteiger partial charge in [0, 0.05) is 10.9 Å². The van der Waals surface area contributed by atoms with Crippen LogP contribution >= 0.6 is 0 Å². The van der Waals surface area contributed by atoms with E-state index in [0.717, 1.165) is 22.3 Å². The normalized spacial score (nSPS) is 11.8. The maximum absolute atomic E-state index is 12.3. The van der Waals surface area contributed by atoms with Crippen molar-refractivity contribution in [3.8, 4) is 17.0 Å². The van der Waals surface area contributed by atoms with Gasteiger partial charge in [0.25, 0.3) is 0 Å². The number of carbonyl (C=O) groups excluding carboxylic acids is 1. The molecule has 1 atom stereocenters. The van der Waals surface area contributed by atoms with Crippen molar-refractivity contribution in [2.24, 2.45) is 0 Å². The number of aromatic hydroxyl groups is 1. The number of para-hydroxylation sites is 2. The van der Waals surface area contributed by atoms with Crippen molar-refractivity contribution in [1.29, 1.82) is 0 Å². The molecule has 0 saturated heterocycles. The number of anilines is 1. The van der Waals surface area contributed by atoms with Crippen molar-refractivity contribution in [2.45, 2.75) is 26.3 Å². The Morgan fingerprint density at radius 3 is 2.08 bits per heavy atom. The molecule has 7 nitrogen and oxygen atoms in total. The molecule has 204 valence electrons. The van der Waals surface area contributed by atoms with Crippen LogP contribution in [0.25, 0.3) is 22.2 Å². The van der Waals surface area contributed by atoms with Crippen LogP contribution in [0.5, 0.6) is 5.75 Å². The Morgan fingerprint density at radius 1 is 0.825 bits per heavy atom. The molecule has 1 aromatic heterocycles. The van der Waals surface area contributed by atoms with Gasteiger partial charge in [-0.1, -0.05) is 54.6 Å². The summed E-state index contributed by atoms with van der Waals surface area (Å²) in [5, 5.41) is 11.5. The smallest absolute Gasteiger partial charge is 0.0709 e. The molecule has 0 fully saturated rings. The maximum Gasteiger partial charge on any atom is 0.0709 e. The van der Waals surface area contributed by atoms with Gasteiger partial charge in [0.2, 0.25) is 0 Å². The number of amides is 1. The zero-order chi connectivity index (χ0) is 28.7. The fourth-order valence-electron chi connectivity index (χ4n) is 4.58. The molecule has 1 amide bonds. The monoisotopic (exact) mass is 598 g/mol. The van der Waals surface area contributed by atoms with Crippen LogP contribution in [0.1, 0.15) is 31.9 Å². The first-order valence-corrected chi connectivity index (χ1v) is 16.2. The summed E-state index contributed by atoms with van der Waals surface area (Å²) in [5.74, 6) is -0.870. The average Bonchev–Trinajstić information content (AvgIpc) is 2.96. The van der Waals surface area contributed by atoms with Gasteiger partial charge in [-0.15, -0.1) is 0 Å². The minimum atomic E-state index is -5.31. The number of phenolic OH excluding ortho intramolecular Hbond substituents is 1. The fraction of sp³-hybridized carbons (Fsp3) is 0.125. The number of nitrogens with zero attached hydrogens (tertiary/aromatic N) is 2. The predicted molar refractivity (Wildman–Crippen MR) is 158 cm³/mol. The number of carbonyl (C=O) groups is 1. The molecule has 0 bridgehead atoms. The average molecular weight is 599 g/mol. The largest absolute Gasteiger partial charge is 0.248 e. The van der Waals surface area contributed by atoms with Crippen molar-refractivity contribution < 1.29 is 21.8 Å². The summed E-state index contributed by atoms with van der Waals surface area (Å²) in [7, 11) is 0. The van der Waals surface area contributed by atoms with Gasteiger partial charge in [0.1, 0.15) is 0 Å². The van der Waals surface area contributed by atoms with Crippen LogP contribution in [-0.4, -0.2) is 38.4 Å². The molecule has 0 aliphatic rings. The molecule has 0 saturated carbocycles. The summed E-state index contributed by atoms with van der Waals surface area (Å²) in [6.45, 7) is 3.27. The van der Waals surface area contributed by atoms with Gasteiger partial charge in [0.15, 0.2) is 0 Å². The molecule has 40 heavy (non-hydrogen) atoms. The predicted octanol–water partition coefficient (Wildman–Crippen LogP) is 5.36. The van der Waals surface area contributed by atoms with E-state index in [1.807, 2.05) is 73.7 Å². The summed E-state index contributed by atoms with van der Waals surface area (Å²) in [6, 6.07) is 35.7. The van der Waals surface area contributed by atoms with Crippen molar-refractivity contribution >= 4 is 41.0 Å². The van der Waals surface area contributed by atoms with Crippen LogP contribution in [0.4, 0.5) is 5.69 Å². The van der Waals surface area contributed by atoms with Crippen molar-refractivity contribution in [3.05, 3.63) is 121 Å². The van der Waals surface area contributed by atoms with Gasteiger partial charge >= 0.3 is 143 Å². The second-order valence-electron chi connectivity index (χ2n) is 9.17. The molecule has 0 aliphatic carbocycles. The third-order valence-electron chi connectivity index (χ3n) is 6.46. The van der Waals surface area contributed by atoms with Gasteiger partial charge in [0.05, 0.1) is 11.2 Å². The Balaban J connectivity index is 0.000000199. The van der Waals surface area contributed by atoms with Gasteiger partial charge in [-0.3, -0.25) is 0 Å². The van der Waals surface area contributed by atoms with Crippen molar-refractivity contribution in [1.82, 2.24) is 4.98 Å². The minimum Gasteiger partial charge on any atom is -0.248 e. The summed E-state index contributed by atoms with van der Waals surface area (Å²) in [4.78, 5) is 18.3. The molecular weight excluding hydrogens is 567 g/mol. The molecule has 4 aromatic carbocycles. The molecule has 1 unspecified atom stereocenters. The molecule has 5 aromatic rings. The first kappa shape index (κ1) is 28.8. The van der Waals surface area contributed by atoms with Crippen LogP contribution in [-0.2, 0) is 8.53 Å². The summed E-state index contributed by atoms with van der Waals surface area (Å²) < 4.78 is 30.0. The van der Waals surface area contributed by atoms with E-state index in [-0.39, 0.29) is 17.6 Å². The fourth-order valence-corrected chi connectivity index (χ4v) is 5.99. The van der Waals surface area contributed by atoms with Crippen molar-refractivity contribution in [2.75, 3.05) is 4.90 Å². The first-order valence-electron chi connectivity index (χ1n) is 12.8. The number of aromatic nitrogens is 1.